The molecule has 0 bridgehead atoms. The van der Waals surface area contributed by atoms with Crippen molar-refractivity contribution < 1.29 is 27.4 Å². The van der Waals surface area contributed by atoms with Crippen molar-refractivity contribution in [2.24, 2.45) is 5.73 Å². The average molecular weight is 518 g/mol. The molecule has 37 heavy (non-hydrogen) atoms. The molecule has 1 amide bonds. The van der Waals surface area contributed by atoms with E-state index in [0.29, 0.717) is 68.8 Å². The van der Waals surface area contributed by atoms with E-state index in [1.807, 2.05) is 6.07 Å². The molecule has 1 saturated heterocycles. The fraction of sp³-hybridized carbons (Fsp3) is 0.458. The maximum Gasteiger partial charge on any atom is 0.419 e. The first-order valence-corrected chi connectivity index (χ1v) is 12.0. The highest BCUT2D eigenvalue weighted by molar-refractivity contribution is 5.97. The zero-order valence-corrected chi connectivity index (χ0v) is 19.9. The number of rotatable bonds is 6. The number of morpholine rings is 1. The van der Waals surface area contributed by atoms with Gasteiger partial charge in [0, 0.05) is 43.8 Å². The smallest absolute Gasteiger partial charge is 0.419 e. The summed E-state index contributed by atoms with van der Waals surface area (Å²) in [5.41, 5.74) is 5.48. The summed E-state index contributed by atoms with van der Waals surface area (Å²) in [6.45, 7) is 2.59. The maximum atomic E-state index is 12.7. The summed E-state index contributed by atoms with van der Waals surface area (Å²) in [7, 11) is 0. The summed E-state index contributed by atoms with van der Waals surface area (Å²) in [6.07, 6.45) is 1.17. The molecule has 1 saturated carbocycles. The highest BCUT2D eigenvalue weighted by atomic mass is 19.4. The standard InChI is InChI=1S/C24H26F3N7O3/c25-24(26,27)15-12-30-23(31-13-15)32-16-1-3-17(4-2-16)37-22-18-9-14(21(28)35)11-29-19(18)10-20(33-22)34-5-7-36-8-6-34/h9-13,16-17H,1-8H2,(H2,28,35)(H,30,31,32)/t16-,17+. The van der Waals surface area contributed by atoms with Crippen LogP contribution in [-0.2, 0) is 10.9 Å². The lowest BCUT2D eigenvalue weighted by Crippen LogP contribution is -2.37. The molecule has 3 aromatic heterocycles. The quantitative estimate of drug-likeness (QED) is 0.507. The number of hydrogen-bond acceptors (Lipinski definition) is 9. The Morgan fingerprint density at radius 1 is 1.05 bits per heavy atom. The number of nitrogens with two attached hydrogens (primary N) is 1. The predicted octanol–water partition coefficient (Wildman–Crippen LogP) is 3.18. The Bertz CT molecular complexity index is 1260. The van der Waals surface area contributed by atoms with Crippen LogP contribution in [0, 0.1) is 0 Å². The molecule has 1 aliphatic carbocycles. The Morgan fingerprint density at radius 2 is 1.76 bits per heavy atom. The van der Waals surface area contributed by atoms with Gasteiger partial charge in [-0.3, -0.25) is 9.78 Å². The monoisotopic (exact) mass is 517 g/mol. The van der Waals surface area contributed by atoms with Crippen molar-refractivity contribution in [3.05, 3.63) is 41.9 Å². The summed E-state index contributed by atoms with van der Waals surface area (Å²) >= 11 is 0. The van der Waals surface area contributed by atoms with Crippen molar-refractivity contribution in [2.75, 3.05) is 36.5 Å². The zero-order chi connectivity index (χ0) is 26.0. The van der Waals surface area contributed by atoms with Crippen molar-refractivity contribution in [1.29, 1.82) is 0 Å². The Morgan fingerprint density at radius 3 is 2.41 bits per heavy atom. The number of fused-ring (bicyclic) bond motifs is 1. The number of carbonyl (C=O) groups excluding carboxylic acids is 1. The second-order valence-electron chi connectivity index (χ2n) is 9.07. The third-order valence-corrected chi connectivity index (χ3v) is 6.52. The molecule has 13 heteroatoms. The number of carbonyl (C=O) groups is 1. The van der Waals surface area contributed by atoms with Crippen molar-refractivity contribution in [3.8, 4) is 5.88 Å². The van der Waals surface area contributed by atoms with Crippen LogP contribution in [-0.4, -0.2) is 64.3 Å². The molecule has 10 nitrogen and oxygen atoms in total. The number of ether oxygens (including phenoxy) is 2. The van der Waals surface area contributed by atoms with Crippen LogP contribution in [0.3, 0.4) is 0 Å². The van der Waals surface area contributed by atoms with Gasteiger partial charge in [0.15, 0.2) is 0 Å². The van der Waals surface area contributed by atoms with Gasteiger partial charge in [-0.2, -0.15) is 18.2 Å². The molecular weight excluding hydrogens is 491 g/mol. The Hall–Kier alpha value is -3.74. The SMILES string of the molecule is NC(=O)c1cnc2cc(N3CCOCC3)nc(O[C@H]3CC[C@@H](Nc4ncc(C(F)(F)F)cn4)CC3)c2c1. The van der Waals surface area contributed by atoms with Crippen LogP contribution in [0.15, 0.2) is 30.7 Å². The predicted molar refractivity (Wildman–Crippen MR) is 128 cm³/mol. The van der Waals surface area contributed by atoms with Crippen LogP contribution in [0.4, 0.5) is 24.9 Å². The van der Waals surface area contributed by atoms with Gasteiger partial charge in [0.2, 0.25) is 17.7 Å². The van der Waals surface area contributed by atoms with Crippen LogP contribution < -0.4 is 20.7 Å². The number of amides is 1. The molecule has 2 fully saturated rings. The van der Waals surface area contributed by atoms with Gasteiger partial charge in [0.25, 0.3) is 0 Å². The molecule has 0 atom stereocenters. The first-order valence-electron chi connectivity index (χ1n) is 12.0. The molecule has 3 N–H and O–H groups in total. The number of primary amides is 1. The van der Waals surface area contributed by atoms with Crippen molar-refractivity contribution in [3.63, 3.8) is 0 Å². The number of anilines is 2. The summed E-state index contributed by atoms with van der Waals surface area (Å²) in [5.74, 6) is 0.681. The number of hydrogen-bond donors (Lipinski definition) is 2. The third-order valence-electron chi connectivity index (χ3n) is 6.52. The Labute approximate surface area is 210 Å². The number of nitrogens with zero attached hydrogens (tertiary/aromatic N) is 5. The van der Waals surface area contributed by atoms with Crippen molar-refractivity contribution in [1.82, 2.24) is 19.9 Å². The van der Waals surface area contributed by atoms with Gasteiger partial charge in [0.05, 0.1) is 35.2 Å². The Kier molecular flexibility index (Phi) is 6.96. The van der Waals surface area contributed by atoms with E-state index in [4.69, 9.17) is 20.2 Å². The van der Waals surface area contributed by atoms with Gasteiger partial charge in [-0.1, -0.05) is 0 Å². The van der Waals surface area contributed by atoms with Crippen LogP contribution in [0.25, 0.3) is 10.9 Å². The first kappa shape index (κ1) is 24.9. The lowest BCUT2D eigenvalue weighted by atomic mass is 9.93. The van der Waals surface area contributed by atoms with Crippen molar-refractivity contribution >= 4 is 28.6 Å². The van der Waals surface area contributed by atoms with E-state index in [-0.39, 0.29) is 23.7 Å². The molecule has 0 radical (unpaired) electrons. The van der Waals surface area contributed by atoms with Crippen molar-refractivity contribution in [2.45, 2.75) is 44.0 Å². The summed E-state index contributed by atoms with van der Waals surface area (Å²) in [5, 5.41) is 3.71. The van der Waals surface area contributed by atoms with E-state index in [1.165, 1.54) is 6.20 Å². The number of nitrogens with one attached hydrogen (secondary N) is 1. The molecule has 4 heterocycles. The average Bonchev–Trinajstić information content (AvgIpc) is 2.90. The highest BCUT2D eigenvalue weighted by Gasteiger charge is 2.31. The summed E-state index contributed by atoms with van der Waals surface area (Å²) < 4.78 is 50.0. The number of halogens is 3. The lowest BCUT2D eigenvalue weighted by molar-refractivity contribution is -0.138. The normalized spacial score (nSPS) is 20.6. The molecule has 196 valence electrons. The van der Waals surface area contributed by atoms with Gasteiger partial charge in [-0.15, -0.1) is 0 Å². The second kappa shape index (κ2) is 10.3. The fourth-order valence-corrected chi connectivity index (χ4v) is 4.47. The number of alkyl halides is 3. The molecule has 0 unspecified atom stereocenters. The van der Waals surface area contributed by atoms with Gasteiger partial charge in [-0.25, -0.2) is 9.97 Å². The second-order valence-corrected chi connectivity index (χ2v) is 9.07. The van der Waals surface area contributed by atoms with Crippen LogP contribution in [0.1, 0.15) is 41.6 Å². The van der Waals surface area contributed by atoms with E-state index in [9.17, 15) is 18.0 Å². The molecule has 1 aliphatic heterocycles. The van der Waals surface area contributed by atoms with Crippen LogP contribution in [0.5, 0.6) is 5.88 Å². The zero-order valence-electron chi connectivity index (χ0n) is 19.9. The lowest BCUT2D eigenvalue weighted by Gasteiger charge is -2.31. The van der Waals surface area contributed by atoms with Gasteiger partial charge in [-0.05, 0) is 31.7 Å². The van der Waals surface area contributed by atoms with E-state index < -0.39 is 17.6 Å². The van der Waals surface area contributed by atoms with E-state index in [1.54, 1.807) is 6.07 Å². The number of aromatic nitrogens is 4. The largest absolute Gasteiger partial charge is 0.474 e. The molecular formula is C24H26F3N7O3. The molecule has 0 spiro atoms. The molecule has 0 aromatic carbocycles. The van der Waals surface area contributed by atoms with Crippen LogP contribution >= 0.6 is 0 Å². The van der Waals surface area contributed by atoms with E-state index >= 15 is 0 Å². The van der Waals surface area contributed by atoms with Gasteiger partial charge in [0.1, 0.15) is 11.9 Å². The molecule has 5 rings (SSSR count). The molecule has 2 aliphatic rings. The topological polar surface area (TPSA) is 128 Å². The molecule has 3 aromatic rings. The summed E-state index contributed by atoms with van der Waals surface area (Å²) in [4.78, 5) is 30.6. The van der Waals surface area contributed by atoms with Crippen LogP contribution in [0.2, 0.25) is 0 Å². The minimum Gasteiger partial charge on any atom is -0.474 e. The third kappa shape index (κ3) is 5.82. The van der Waals surface area contributed by atoms with Gasteiger partial charge >= 0.3 is 6.18 Å². The number of pyridine rings is 2. The van der Waals surface area contributed by atoms with E-state index in [0.717, 1.165) is 18.2 Å². The maximum absolute atomic E-state index is 12.7. The minimum absolute atomic E-state index is 0.00380. The van der Waals surface area contributed by atoms with E-state index in [2.05, 4.69) is 25.2 Å². The Balaban J connectivity index is 1.29. The first-order chi connectivity index (χ1) is 17.8. The minimum atomic E-state index is -4.47. The summed E-state index contributed by atoms with van der Waals surface area (Å²) in [6, 6.07) is 3.51. The fourth-order valence-electron chi connectivity index (χ4n) is 4.47. The van der Waals surface area contributed by atoms with Gasteiger partial charge < -0.3 is 25.4 Å². The highest BCUT2D eigenvalue weighted by Crippen LogP contribution is 2.32.